The van der Waals surface area contributed by atoms with Crippen LogP contribution in [0.2, 0.25) is 0 Å². The van der Waals surface area contributed by atoms with Crippen molar-refractivity contribution in [2.45, 2.75) is 46.1 Å². The number of benzene rings is 2. The molecule has 0 bridgehead atoms. The predicted octanol–water partition coefficient (Wildman–Crippen LogP) is 4.51. The topological polar surface area (TPSA) is 69.6 Å². The second-order valence-corrected chi connectivity index (χ2v) is 10.2. The van der Waals surface area contributed by atoms with Crippen LogP contribution in [0.25, 0.3) is 17.7 Å². The summed E-state index contributed by atoms with van der Waals surface area (Å²) >= 11 is 0. The van der Waals surface area contributed by atoms with E-state index in [0.717, 1.165) is 12.8 Å². The zero-order valence-corrected chi connectivity index (χ0v) is 20.3. The summed E-state index contributed by atoms with van der Waals surface area (Å²) in [5, 5.41) is 12.5. The van der Waals surface area contributed by atoms with Gasteiger partial charge in [0.2, 0.25) is 11.8 Å². The van der Waals surface area contributed by atoms with Gasteiger partial charge < -0.3 is 15.3 Å². The highest BCUT2D eigenvalue weighted by atomic mass is 16.3. The number of likely N-dealkylation sites (tertiary alicyclic amines) is 1. The van der Waals surface area contributed by atoms with Crippen molar-refractivity contribution < 1.29 is 14.7 Å². The Labute approximate surface area is 202 Å². The molecular formula is C29H34N2O3. The van der Waals surface area contributed by atoms with E-state index in [1.54, 1.807) is 0 Å². The average Bonchev–Trinajstić information content (AvgIpc) is 3.00. The minimum atomic E-state index is -0.567. The summed E-state index contributed by atoms with van der Waals surface area (Å²) in [7, 11) is 0. The molecular weight excluding hydrogens is 424 g/mol. The van der Waals surface area contributed by atoms with Crippen molar-refractivity contribution in [3.05, 3.63) is 76.4 Å². The monoisotopic (exact) mass is 458 g/mol. The van der Waals surface area contributed by atoms with Gasteiger partial charge in [0.15, 0.2) is 0 Å². The van der Waals surface area contributed by atoms with Crippen molar-refractivity contribution in [3.8, 4) is 0 Å². The molecule has 1 aliphatic heterocycles. The van der Waals surface area contributed by atoms with Gasteiger partial charge in [-0.25, -0.2) is 0 Å². The first kappa shape index (κ1) is 24.0. The molecule has 2 aromatic carbocycles. The van der Waals surface area contributed by atoms with E-state index in [9.17, 15) is 14.7 Å². The predicted molar refractivity (Wildman–Crippen MR) is 137 cm³/mol. The molecule has 2 aliphatic rings. The van der Waals surface area contributed by atoms with Crippen LogP contribution in [0.3, 0.4) is 0 Å². The number of amides is 2. The molecule has 2 amide bonds. The number of carbonyl (C=O) groups excluding carboxylic acids is 2. The van der Waals surface area contributed by atoms with E-state index in [1.807, 2.05) is 25.7 Å². The third kappa shape index (κ3) is 5.15. The number of rotatable bonds is 4. The largest absolute Gasteiger partial charge is 0.394 e. The SMILES string of the molecule is CC(C)(C)C(=O)N[C@H](CO)CC(=O)N1CCC(=C2c3ccccc3C=Cc3ccccc32)CC1. The van der Waals surface area contributed by atoms with Crippen LogP contribution in [0.4, 0.5) is 0 Å². The lowest BCUT2D eigenvalue weighted by Gasteiger charge is -2.32. The van der Waals surface area contributed by atoms with Crippen LogP contribution in [0, 0.1) is 5.41 Å². The fraction of sp³-hybridized carbons (Fsp3) is 0.379. The van der Waals surface area contributed by atoms with Gasteiger partial charge in [0.05, 0.1) is 12.6 Å². The number of nitrogens with zero attached hydrogens (tertiary/aromatic N) is 1. The maximum absolute atomic E-state index is 13.0. The molecule has 1 atom stereocenters. The molecule has 0 spiro atoms. The van der Waals surface area contributed by atoms with E-state index in [2.05, 4.69) is 66.0 Å². The summed E-state index contributed by atoms with van der Waals surface area (Å²) in [5.41, 5.74) is 6.98. The highest BCUT2D eigenvalue weighted by molar-refractivity contribution is 5.95. The maximum Gasteiger partial charge on any atom is 0.225 e. The molecule has 178 valence electrons. The molecule has 4 rings (SSSR count). The highest BCUT2D eigenvalue weighted by Crippen LogP contribution is 2.38. The smallest absolute Gasteiger partial charge is 0.225 e. The Morgan fingerprint density at radius 2 is 1.47 bits per heavy atom. The molecule has 2 N–H and O–H groups in total. The van der Waals surface area contributed by atoms with E-state index < -0.39 is 11.5 Å². The van der Waals surface area contributed by atoms with Crippen LogP contribution >= 0.6 is 0 Å². The van der Waals surface area contributed by atoms with Gasteiger partial charge >= 0.3 is 0 Å². The highest BCUT2D eigenvalue weighted by Gasteiger charge is 2.28. The second-order valence-electron chi connectivity index (χ2n) is 10.2. The van der Waals surface area contributed by atoms with Crippen LogP contribution in [-0.2, 0) is 9.59 Å². The molecule has 1 saturated heterocycles. The normalized spacial score (nSPS) is 16.4. The van der Waals surface area contributed by atoms with Crippen molar-refractivity contribution in [3.63, 3.8) is 0 Å². The molecule has 0 saturated carbocycles. The average molecular weight is 459 g/mol. The lowest BCUT2D eigenvalue weighted by molar-refractivity contribution is -0.133. The lowest BCUT2D eigenvalue weighted by Crippen LogP contribution is -2.47. The molecule has 5 heteroatoms. The second kappa shape index (κ2) is 9.98. The zero-order chi connectivity index (χ0) is 24.3. The number of piperidine rings is 1. The van der Waals surface area contributed by atoms with Crippen LogP contribution in [-0.4, -0.2) is 47.6 Å². The lowest BCUT2D eigenvalue weighted by atomic mass is 9.86. The number of hydrogen-bond donors (Lipinski definition) is 2. The van der Waals surface area contributed by atoms with Gasteiger partial charge in [0, 0.05) is 24.9 Å². The Hall–Kier alpha value is -3.18. The van der Waals surface area contributed by atoms with Crippen molar-refractivity contribution in [1.29, 1.82) is 0 Å². The molecule has 1 aliphatic carbocycles. The summed E-state index contributed by atoms with van der Waals surface area (Å²) in [5.74, 6) is -0.190. The quantitative estimate of drug-likeness (QED) is 0.605. The summed E-state index contributed by atoms with van der Waals surface area (Å²) in [6.45, 7) is 6.48. The maximum atomic E-state index is 13.0. The van der Waals surface area contributed by atoms with E-state index in [1.165, 1.54) is 33.4 Å². The first-order valence-electron chi connectivity index (χ1n) is 12.1. The molecule has 1 fully saturated rings. The Balaban J connectivity index is 1.51. The van der Waals surface area contributed by atoms with Crippen LogP contribution in [0.1, 0.15) is 62.3 Å². The van der Waals surface area contributed by atoms with Crippen molar-refractivity contribution in [2.24, 2.45) is 5.41 Å². The number of aliphatic hydroxyl groups is 1. The Morgan fingerprint density at radius 3 is 1.97 bits per heavy atom. The van der Waals surface area contributed by atoms with Crippen LogP contribution in [0.5, 0.6) is 0 Å². The summed E-state index contributed by atoms with van der Waals surface area (Å²) in [4.78, 5) is 27.1. The van der Waals surface area contributed by atoms with E-state index in [0.29, 0.717) is 13.1 Å². The van der Waals surface area contributed by atoms with E-state index in [4.69, 9.17) is 0 Å². The van der Waals surface area contributed by atoms with Gasteiger partial charge in [0.25, 0.3) is 0 Å². The van der Waals surface area contributed by atoms with E-state index in [-0.39, 0.29) is 24.8 Å². The molecule has 5 nitrogen and oxygen atoms in total. The summed E-state index contributed by atoms with van der Waals surface area (Å²) < 4.78 is 0. The first-order chi connectivity index (χ1) is 16.3. The summed E-state index contributed by atoms with van der Waals surface area (Å²) in [6.07, 6.45) is 6.09. The molecule has 0 radical (unpaired) electrons. The molecule has 34 heavy (non-hydrogen) atoms. The standard InChI is InChI=1S/C29H34N2O3/c1-29(2,3)28(34)30-23(19-32)18-26(33)31-16-14-22(15-17-31)27-24-10-6-4-8-20(24)12-13-21-9-5-7-11-25(21)27/h4-13,23,32H,14-19H2,1-3H3,(H,30,34)/t23-/m0/s1. The van der Waals surface area contributed by atoms with Gasteiger partial charge in [-0.1, -0.05) is 87.0 Å². The number of nitrogens with one attached hydrogen (secondary N) is 1. The van der Waals surface area contributed by atoms with Crippen molar-refractivity contribution in [2.75, 3.05) is 19.7 Å². The molecule has 0 aromatic heterocycles. The summed E-state index contributed by atoms with van der Waals surface area (Å²) in [6, 6.07) is 16.4. The number of carbonyl (C=O) groups is 2. The van der Waals surface area contributed by atoms with Gasteiger partial charge in [-0.05, 0) is 40.7 Å². The Bertz CT molecular complexity index is 1080. The van der Waals surface area contributed by atoms with E-state index >= 15 is 0 Å². The Kier molecular flexibility index (Phi) is 7.03. The third-order valence-electron chi connectivity index (χ3n) is 6.63. The van der Waals surface area contributed by atoms with Crippen LogP contribution in [0.15, 0.2) is 54.1 Å². The van der Waals surface area contributed by atoms with Gasteiger partial charge in [0.1, 0.15) is 0 Å². The van der Waals surface area contributed by atoms with Crippen molar-refractivity contribution >= 4 is 29.5 Å². The fourth-order valence-electron chi connectivity index (χ4n) is 4.62. The van der Waals surface area contributed by atoms with Gasteiger partial charge in [-0.15, -0.1) is 0 Å². The minimum absolute atomic E-state index is 0.0272. The minimum Gasteiger partial charge on any atom is -0.394 e. The fourth-order valence-corrected chi connectivity index (χ4v) is 4.62. The van der Waals surface area contributed by atoms with Crippen LogP contribution < -0.4 is 5.32 Å². The third-order valence-corrected chi connectivity index (χ3v) is 6.63. The first-order valence-corrected chi connectivity index (χ1v) is 12.1. The number of hydrogen-bond acceptors (Lipinski definition) is 3. The number of aliphatic hydroxyl groups excluding tert-OH is 1. The molecule has 0 unspecified atom stereocenters. The molecule has 2 aromatic rings. The zero-order valence-electron chi connectivity index (χ0n) is 20.3. The van der Waals surface area contributed by atoms with Gasteiger partial charge in [-0.3, -0.25) is 9.59 Å². The number of fused-ring (bicyclic) bond motifs is 2. The van der Waals surface area contributed by atoms with Gasteiger partial charge in [-0.2, -0.15) is 0 Å². The Morgan fingerprint density at radius 1 is 0.941 bits per heavy atom. The molecule has 1 heterocycles. The van der Waals surface area contributed by atoms with Crippen molar-refractivity contribution in [1.82, 2.24) is 10.2 Å².